The van der Waals surface area contributed by atoms with Gasteiger partial charge < -0.3 is 10.1 Å². The van der Waals surface area contributed by atoms with E-state index in [0.29, 0.717) is 0 Å². The largest absolute Gasteiger partial charge is 0.379 e. The molecule has 1 aliphatic carbocycles. The van der Waals surface area contributed by atoms with Crippen molar-refractivity contribution in [2.75, 3.05) is 32.8 Å². The highest BCUT2D eigenvalue weighted by Crippen LogP contribution is 2.24. The molecule has 2 heterocycles. The maximum Gasteiger partial charge on any atom is 0.0944 e. The monoisotopic (exact) mass is 309 g/mol. The fraction of sp³-hybridized carbons (Fsp3) is 0.812. The molecule has 4 nitrogen and oxygen atoms in total. The van der Waals surface area contributed by atoms with E-state index in [0.717, 1.165) is 58.3 Å². The molecule has 118 valence electrons. The number of hydrogen-bond acceptors (Lipinski definition) is 5. The van der Waals surface area contributed by atoms with Gasteiger partial charge in [-0.3, -0.25) is 4.90 Å². The van der Waals surface area contributed by atoms with Crippen molar-refractivity contribution in [2.45, 2.75) is 51.6 Å². The Kier molecular flexibility index (Phi) is 5.63. The van der Waals surface area contributed by atoms with Crippen LogP contribution in [0.25, 0.3) is 0 Å². The lowest BCUT2D eigenvalue weighted by Crippen LogP contribution is -2.37. The molecule has 1 aromatic rings. The fourth-order valence-corrected chi connectivity index (χ4v) is 3.77. The van der Waals surface area contributed by atoms with Gasteiger partial charge in [-0.2, -0.15) is 0 Å². The Morgan fingerprint density at radius 1 is 1.29 bits per heavy atom. The van der Waals surface area contributed by atoms with Crippen molar-refractivity contribution in [1.29, 1.82) is 0 Å². The third kappa shape index (κ3) is 4.74. The van der Waals surface area contributed by atoms with E-state index >= 15 is 0 Å². The molecule has 0 aromatic carbocycles. The van der Waals surface area contributed by atoms with Crippen LogP contribution in [0.5, 0.6) is 0 Å². The molecule has 21 heavy (non-hydrogen) atoms. The minimum absolute atomic E-state index is 0.776. The summed E-state index contributed by atoms with van der Waals surface area (Å²) in [4.78, 5) is 8.87. The quantitative estimate of drug-likeness (QED) is 0.799. The van der Waals surface area contributed by atoms with Gasteiger partial charge >= 0.3 is 0 Å². The van der Waals surface area contributed by atoms with Crippen molar-refractivity contribution >= 4 is 11.3 Å². The standard InChI is InChI=1S/C16H27N3OS/c1-2-3-14-15(12-17-13-4-5-13)21-16(18-14)6-7-19-8-10-20-11-9-19/h13,17H,2-12H2,1H3. The minimum Gasteiger partial charge on any atom is -0.379 e. The molecule has 0 bridgehead atoms. The van der Waals surface area contributed by atoms with Gasteiger partial charge in [0.1, 0.15) is 0 Å². The summed E-state index contributed by atoms with van der Waals surface area (Å²) in [5.41, 5.74) is 1.34. The zero-order valence-corrected chi connectivity index (χ0v) is 13.9. The topological polar surface area (TPSA) is 37.4 Å². The first kappa shape index (κ1) is 15.4. The molecular formula is C16H27N3OS. The number of rotatable bonds is 8. The van der Waals surface area contributed by atoms with Crippen LogP contribution in [-0.2, 0) is 24.1 Å². The second-order valence-electron chi connectivity index (χ2n) is 6.09. The number of aryl methyl sites for hydroxylation is 1. The van der Waals surface area contributed by atoms with E-state index in [-0.39, 0.29) is 0 Å². The first-order chi connectivity index (χ1) is 10.3. The summed E-state index contributed by atoms with van der Waals surface area (Å²) in [6.07, 6.45) is 6.10. The molecule has 0 atom stereocenters. The molecule has 1 saturated heterocycles. The average Bonchev–Trinajstić information content (AvgIpc) is 3.26. The number of ether oxygens (including phenoxy) is 1. The molecule has 2 aliphatic rings. The summed E-state index contributed by atoms with van der Waals surface area (Å²) in [6.45, 7) is 8.30. The van der Waals surface area contributed by atoms with Crippen LogP contribution < -0.4 is 5.32 Å². The number of thiazole rings is 1. The molecule has 0 amide bonds. The van der Waals surface area contributed by atoms with Crippen LogP contribution in [0.1, 0.15) is 41.8 Å². The van der Waals surface area contributed by atoms with Gasteiger partial charge in [0.15, 0.2) is 0 Å². The lowest BCUT2D eigenvalue weighted by atomic mass is 10.2. The molecule has 1 aromatic heterocycles. The van der Waals surface area contributed by atoms with Gasteiger partial charge in [-0.1, -0.05) is 13.3 Å². The predicted octanol–water partition coefficient (Wildman–Crippen LogP) is 2.22. The minimum atomic E-state index is 0.776. The smallest absolute Gasteiger partial charge is 0.0944 e. The van der Waals surface area contributed by atoms with Gasteiger partial charge in [0.05, 0.1) is 23.9 Å². The summed E-state index contributed by atoms with van der Waals surface area (Å²) >= 11 is 1.93. The Bertz CT molecular complexity index is 439. The van der Waals surface area contributed by atoms with Crippen LogP contribution in [0.3, 0.4) is 0 Å². The lowest BCUT2D eigenvalue weighted by molar-refractivity contribution is 0.0384. The normalized spacial score (nSPS) is 20.0. The lowest BCUT2D eigenvalue weighted by Gasteiger charge is -2.25. The van der Waals surface area contributed by atoms with E-state index in [1.54, 1.807) is 0 Å². The molecule has 3 rings (SSSR count). The number of nitrogens with zero attached hydrogens (tertiary/aromatic N) is 2. The maximum atomic E-state index is 5.40. The summed E-state index contributed by atoms with van der Waals surface area (Å²) in [6, 6.07) is 0.776. The van der Waals surface area contributed by atoms with Crippen molar-refractivity contribution in [1.82, 2.24) is 15.2 Å². The highest BCUT2D eigenvalue weighted by Gasteiger charge is 2.21. The summed E-state index contributed by atoms with van der Waals surface area (Å²) < 4.78 is 5.40. The van der Waals surface area contributed by atoms with Gasteiger partial charge in [-0.25, -0.2) is 4.98 Å². The zero-order valence-electron chi connectivity index (χ0n) is 13.1. The van der Waals surface area contributed by atoms with Gasteiger partial charge in [0.25, 0.3) is 0 Å². The van der Waals surface area contributed by atoms with Crippen molar-refractivity contribution in [2.24, 2.45) is 0 Å². The molecule has 0 radical (unpaired) electrons. The first-order valence-corrected chi connectivity index (χ1v) is 9.17. The van der Waals surface area contributed by atoms with E-state index in [1.807, 2.05) is 11.3 Å². The van der Waals surface area contributed by atoms with Crippen LogP contribution in [0, 0.1) is 0 Å². The summed E-state index contributed by atoms with van der Waals surface area (Å²) in [5.74, 6) is 0. The molecule has 1 N–H and O–H groups in total. The fourth-order valence-electron chi connectivity index (χ4n) is 2.72. The van der Waals surface area contributed by atoms with Crippen molar-refractivity contribution in [3.63, 3.8) is 0 Å². The SMILES string of the molecule is CCCc1nc(CCN2CCOCC2)sc1CNC1CC1. The van der Waals surface area contributed by atoms with E-state index in [1.165, 1.54) is 34.8 Å². The van der Waals surface area contributed by atoms with Crippen LogP contribution in [0.4, 0.5) is 0 Å². The Hall–Kier alpha value is -0.490. The average molecular weight is 309 g/mol. The third-order valence-electron chi connectivity index (χ3n) is 4.18. The Balaban J connectivity index is 1.54. The number of hydrogen-bond donors (Lipinski definition) is 1. The highest BCUT2D eigenvalue weighted by molar-refractivity contribution is 7.11. The van der Waals surface area contributed by atoms with E-state index in [4.69, 9.17) is 9.72 Å². The molecule has 1 aliphatic heterocycles. The molecule has 0 spiro atoms. The van der Waals surface area contributed by atoms with E-state index < -0.39 is 0 Å². The van der Waals surface area contributed by atoms with Crippen LogP contribution >= 0.6 is 11.3 Å². The van der Waals surface area contributed by atoms with E-state index in [9.17, 15) is 0 Å². The predicted molar refractivity (Wildman–Crippen MR) is 86.9 cm³/mol. The summed E-state index contributed by atoms with van der Waals surface area (Å²) in [7, 11) is 0. The van der Waals surface area contributed by atoms with Crippen molar-refractivity contribution < 1.29 is 4.74 Å². The van der Waals surface area contributed by atoms with Crippen molar-refractivity contribution in [3.05, 3.63) is 15.6 Å². The Labute approximate surface area is 131 Å². The molecule has 5 heteroatoms. The summed E-state index contributed by atoms with van der Waals surface area (Å²) in [5, 5.41) is 4.95. The second-order valence-corrected chi connectivity index (χ2v) is 7.25. The number of nitrogens with one attached hydrogen (secondary N) is 1. The van der Waals surface area contributed by atoms with Crippen LogP contribution in [0.2, 0.25) is 0 Å². The number of morpholine rings is 1. The van der Waals surface area contributed by atoms with E-state index in [2.05, 4.69) is 17.1 Å². The molecule has 0 unspecified atom stereocenters. The molecule has 2 fully saturated rings. The van der Waals surface area contributed by atoms with Gasteiger partial charge in [0.2, 0.25) is 0 Å². The Morgan fingerprint density at radius 3 is 2.81 bits per heavy atom. The Morgan fingerprint density at radius 2 is 2.10 bits per heavy atom. The van der Waals surface area contributed by atoms with Crippen molar-refractivity contribution in [3.8, 4) is 0 Å². The number of aromatic nitrogens is 1. The third-order valence-corrected chi connectivity index (χ3v) is 5.34. The molecule has 1 saturated carbocycles. The van der Waals surface area contributed by atoms with Crippen LogP contribution in [-0.4, -0.2) is 48.8 Å². The van der Waals surface area contributed by atoms with Gasteiger partial charge in [-0.15, -0.1) is 11.3 Å². The van der Waals surface area contributed by atoms with Gasteiger partial charge in [0, 0.05) is 43.5 Å². The highest BCUT2D eigenvalue weighted by atomic mass is 32.1. The van der Waals surface area contributed by atoms with Crippen LogP contribution in [0.15, 0.2) is 0 Å². The second kappa shape index (κ2) is 7.68. The first-order valence-electron chi connectivity index (χ1n) is 8.36. The molecular weight excluding hydrogens is 282 g/mol. The maximum absolute atomic E-state index is 5.40. The zero-order chi connectivity index (χ0) is 14.5. The van der Waals surface area contributed by atoms with Gasteiger partial charge in [-0.05, 0) is 19.3 Å².